The van der Waals surface area contributed by atoms with Gasteiger partial charge in [0.2, 0.25) is 0 Å². The molecule has 14 heavy (non-hydrogen) atoms. The fourth-order valence-corrected chi connectivity index (χ4v) is 1.37. The van der Waals surface area contributed by atoms with Crippen molar-refractivity contribution in [2.75, 3.05) is 0 Å². The molecule has 69 valence electrons. The minimum absolute atomic E-state index is 0.923. The van der Waals surface area contributed by atoms with Crippen molar-refractivity contribution in [3.63, 3.8) is 0 Å². The standard InChI is InChI=1S/C13H12N/c1-3-7-12(8-4-1)11-13-9-5-2-6-10-14-13/h1-9,14H,11H2. The van der Waals surface area contributed by atoms with E-state index in [2.05, 4.69) is 41.9 Å². The average Bonchev–Trinajstić information content (AvgIpc) is 2.48. The Balaban J connectivity index is 2.08. The highest BCUT2D eigenvalue weighted by atomic mass is 14.8. The molecule has 0 aliphatic carbocycles. The van der Waals surface area contributed by atoms with Crippen LogP contribution in [0.25, 0.3) is 0 Å². The first-order valence-corrected chi connectivity index (χ1v) is 4.70. The zero-order valence-electron chi connectivity index (χ0n) is 7.90. The number of nitrogens with one attached hydrogen (secondary N) is 1. The van der Waals surface area contributed by atoms with E-state index in [1.165, 1.54) is 11.3 Å². The first-order valence-electron chi connectivity index (χ1n) is 4.70. The average molecular weight is 182 g/mol. The van der Waals surface area contributed by atoms with Gasteiger partial charge in [0.15, 0.2) is 0 Å². The Kier molecular flexibility index (Phi) is 2.82. The first-order chi connectivity index (χ1) is 6.95. The zero-order chi connectivity index (χ0) is 9.64. The van der Waals surface area contributed by atoms with Crippen molar-refractivity contribution < 1.29 is 0 Å². The van der Waals surface area contributed by atoms with Crippen LogP contribution in [0.1, 0.15) is 5.56 Å². The molecular weight excluding hydrogens is 170 g/mol. The summed E-state index contributed by atoms with van der Waals surface area (Å²) in [6, 6.07) is 10.4. The van der Waals surface area contributed by atoms with E-state index in [9.17, 15) is 0 Å². The van der Waals surface area contributed by atoms with Crippen molar-refractivity contribution in [1.29, 1.82) is 0 Å². The molecule has 0 aromatic heterocycles. The molecule has 0 fully saturated rings. The van der Waals surface area contributed by atoms with Gasteiger partial charge in [-0.05, 0) is 17.7 Å². The summed E-state index contributed by atoms with van der Waals surface area (Å²) < 4.78 is 0. The Morgan fingerprint density at radius 1 is 1.07 bits per heavy atom. The van der Waals surface area contributed by atoms with Crippen LogP contribution in [0.2, 0.25) is 0 Å². The quantitative estimate of drug-likeness (QED) is 0.741. The maximum atomic E-state index is 3.12. The molecule has 1 heterocycles. The lowest BCUT2D eigenvalue weighted by molar-refractivity contribution is 0.951. The van der Waals surface area contributed by atoms with Crippen molar-refractivity contribution in [2.45, 2.75) is 6.42 Å². The number of hydrogen-bond acceptors (Lipinski definition) is 1. The number of benzene rings is 1. The molecular formula is C13H12N. The van der Waals surface area contributed by atoms with E-state index in [1.54, 1.807) is 0 Å². The van der Waals surface area contributed by atoms with Crippen molar-refractivity contribution in [1.82, 2.24) is 5.32 Å². The summed E-state index contributed by atoms with van der Waals surface area (Å²) in [5, 5.41) is 3.12. The minimum Gasteiger partial charge on any atom is -0.357 e. The third kappa shape index (κ3) is 2.36. The van der Waals surface area contributed by atoms with Gasteiger partial charge in [-0.2, -0.15) is 0 Å². The molecule has 1 aromatic rings. The second-order valence-corrected chi connectivity index (χ2v) is 3.18. The van der Waals surface area contributed by atoms with Crippen LogP contribution in [-0.4, -0.2) is 0 Å². The molecule has 0 atom stereocenters. The van der Waals surface area contributed by atoms with Crippen molar-refractivity contribution >= 4 is 0 Å². The van der Waals surface area contributed by atoms with E-state index in [0.717, 1.165) is 6.42 Å². The van der Waals surface area contributed by atoms with E-state index in [4.69, 9.17) is 0 Å². The molecule has 0 amide bonds. The number of rotatable bonds is 2. The normalized spacial score (nSPS) is 14.4. The second-order valence-electron chi connectivity index (χ2n) is 3.18. The van der Waals surface area contributed by atoms with E-state index >= 15 is 0 Å². The van der Waals surface area contributed by atoms with E-state index in [1.807, 2.05) is 24.3 Å². The minimum atomic E-state index is 0.923. The van der Waals surface area contributed by atoms with E-state index in [-0.39, 0.29) is 0 Å². The first kappa shape index (κ1) is 8.82. The van der Waals surface area contributed by atoms with Crippen LogP contribution in [0, 0.1) is 6.20 Å². The molecule has 0 unspecified atom stereocenters. The summed E-state index contributed by atoms with van der Waals surface area (Å²) in [5.41, 5.74) is 2.48. The summed E-state index contributed by atoms with van der Waals surface area (Å²) in [7, 11) is 0. The van der Waals surface area contributed by atoms with Gasteiger partial charge in [-0.3, -0.25) is 0 Å². The van der Waals surface area contributed by atoms with Crippen LogP contribution in [0.15, 0.2) is 60.3 Å². The molecule has 1 aliphatic rings. The van der Waals surface area contributed by atoms with Gasteiger partial charge in [0.25, 0.3) is 0 Å². The Labute approximate surface area is 84.5 Å². The van der Waals surface area contributed by atoms with Gasteiger partial charge >= 0.3 is 0 Å². The topological polar surface area (TPSA) is 12.0 Å². The van der Waals surface area contributed by atoms with Crippen LogP contribution in [-0.2, 0) is 6.42 Å². The maximum absolute atomic E-state index is 3.12. The Morgan fingerprint density at radius 2 is 1.93 bits per heavy atom. The fourth-order valence-electron chi connectivity index (χ4n) is 1.37. The van der Waals surface area contributed by atoms with Gasteiger partial charge in [-0.1, -0.05) is 42.5 Å². The lowest BCUT2D eigenvalue weighted by Crippen LogP contribution is -2.07. The molecule has 0 saturated carbocycles. The number of hydrogen-bond donors (Lipinski definition) is 1. The molecule has 0 bridgehead atoms. The number of allylic oxidation sites excluding steroid dienone is 5. The molecule has 1 aromatic carbocycles. The molecule has 2 rings (SSSR count). The van der Waals surface area contributed by atoms with Crippen LogP contribution in [0.5, 0.6) is 0 Å². The van der Waals surface area contributed by atoms with E-state index in [0.29, 0.717) is 0 Å². The molecule has 1 N–H and O–H groups in total. The molecule has 1 heteroatoms. The summed E-state index contributed by atoms with van der Waals surface area (Å²) in [6.07, 6.45) is 11.8. The predicted octanol–water partition coefficient (Wildman–Crippen LogP) is 2.59. The Bertz CT molecular complexity index is 371. The smallest absolute Gasteiger partial charge is 0.0621 e. The third-order valence-electron chi connectivity index (χ3n) is 2.06. The summed E-state index contributed by atoms with van der Waals surface area (Å²) in [6.45, 7) is 0. The molecule has 0 saturated heterocycles. The van der Waals surface area contributed by atoms with Crippen LogP contribution in [0.4, 0.5) is 0 Å². The predicted molar refractivity (Wildman–Crippen MR) is 58.3 cm³/mol. The second kappa shape index (κ2) is 4.47. The van der Waals surface area contributed by atoms with Crippen LogP contribution >= 0.6 is 0 Å². The Hall–Kier alpha value is -1.76. The maximum Gasteiger partial charge on any atom is 0.0621 e. The van der Waals surface area contributed by atoms with Crippen molar-refractivity contribution in [3.8, 4) is 0 Å². The Morgan fingerprint density at radius 3 is 2.79 bits per heavy atom. The van der Waals surface area contributed by atoms with Crippen molar-refractivity contribution in [2.24, 2.45) is 0 Å². The zero-order valence-corrected chi connectivity index (χ0v) is 7.90. The monoisotopic (exact) mass is 182 g/mol. The highest BCUT2D eigenvalue weighted by Gasteiger charge is 1.97. The van der Waals surface area contributed by atoms with Crippen LogP contribution < -0.4 is 5.32 Å². The fraction of sp³-hybridized carbons (Fsp3) is 0.0769. The lowest BCUT2D eigenvalue weighted by atomic mass is 10.1. The van der Waals surface area contributed by atoms with Gasteiger partial charge in [0.05, 0.1) is 6.20 Å². The molecule has 1 aliphatic heterocycles. The molecule has 0 spiro atoms. The summed E-state index contributed by atoms with van der Waals surface area (Å²) in [5.74, 6) is 0. The van der Waals surface area contributed by atoms with Gasteiger partial charge in [-0.15, -0.1) is 0 Å². The SMILES string of the molecule is [C]1=CC=CC=C(Cc2ccccc2)N1. The lowest BCUT2D eigenvalue weighted by Gasteiger charge is -2.05. The summed E-state index contributed by atoms with van der Waals surface area (Å²) in [4.78, 5) is 0. The highest BCUT2D eigenvalue weighted by Crippen LogP contribution is 2.06. The van der Waals surface area contributed by atoms with Gasteiger partial charge in [0, 0.05) is 12.1 Å². The van der Waals surface area contributed by atoms with Crippen LogP contribution in [0.3, 0.4) is 0 Å². The molecule has 1 radical (unpaired) electrons. The van der Waals surface area contributed by atoms with E-state index < -0.39 is 0 Å². The summed E-state index contributed by atoms with van der Waals surface area (Å²) >= 11 is 0. The van der Waals surface area contributed by atoms with Gasteiger partial charge < -0.3 is 5.32 Å². The third-order valence-corrected chi connectivity index (χ3v) is 2.06. The van der Waals surface area contributed by atoms with Gasteiger partial charge in [-0.25, -0.2) is 0 Å². The molecule has 1 nitrogen and oxygen atoms in total. The van der Waals surface area contributed by atoms with Gasteiger partial charge in [0.1, 0.15) is 0 Å². The largest absolute Gasteiger partial charge is 0.357 e. The highest BCUT2D eigenvalue weighted by molar-refractivity contribution is 5.26. The van der Waals surface area contributed by atoms with Crippen molar-refractivity contribution in [3.05, 3.63) is 72.1 Å².